The SMILES string of the molecule is COCCOC(=O)N1C(=O)C2(c3cc(C#CCN(C)Cc4ccccc4)ccc31)C(C(N)=O)C1C(=O)OC(c3ccccc3)C(c3ccccc3)N1C2c1ccccc1OCCO. The van der Waals surface area contributed by atoms with Crippen molar-refractivity contribution < 1.29 is 43.2 Å². The van der Waals surface area contributed by atoms with E-state index in [0.717, 1.165) is 16.0 Å². The van der Waals surface area contributed by atoms with Crippen molar-refractivity contribution in [2.45, 2.75) is 36.2 Å². The third-order valence-electron chi connectivity index (χ3n) is 11.9. The first-order valence-corrected chi connectivity index (χ1v) is 20.8. The summed E-state index contributed by atoms with van der Waals surface area (Å²) < 4.78 is 23.4. The van der Waals surface area contributed by atoms with Crippen molar-refractivity contribution in [1.29, 1.82) is 0 Å². The highest BCUT2D eigenvalue weighted by Crippen LogP contribution is 2.66. The summed E-state index contributed by atoms with van der Waals surface area (Å²) in [5.74, 6) is 2.60. The van der Waals surface area contributed by atoms with Crippen LogP contribution in [0, 0.1) is 17.8 Å². The zero-order valence-corrected chi connectivity index (χ0v) is 35.0. The fourth-order valence-corrected chi connectivity index (χ4v) is 9.46. The van der Waals surface area contributed by atoms with E-state index in [1.54, 1.807) is 42.5 Å². The number of ether oxygens (including phenoxy) is 4. The average molecular weight is 849 g/mol. The molecule has 0 bridgehead atoms. The number of hydrogen-bond donors (Lipinski definition) is 2. The van der Waals surface area contributed by atoms with Gasteiger partial charge in [0.2, 0.25) is 11.8 Å². The third kappa shape index (κ3) is 7.94. The van der Waals surface area contributed by atoms with Crippen LogP contribution in [0.25, 0.3) is 0 Å². The summed E-state index contributed by atoms with van der Waals surface area (Å²) in [7, 11) is 3.42. The Balaban J connectivity index is 1.38. The Morgan fingerprint density at radius 2 is 1.51 bits per heavy atom. The summed E-state index contributed by atoms with van der Waals surface area (Å²) >= 11 is 0. The van der Waals surface area contributed by atoms with Crippen LogP contribution in [-0.2, 0) is 40.6 Å². The van der Waals surface area contributed by atoms with Crippen molar-refractivity contribution in [3.05, 3.63) is 167 Å². The molecule has 2 fully saturated rings. The van der Waals surface area contributed by atoms with E-state index in [0.29, 0.717) is 29.8 Å². The average Bonchev–Trinajstić information content (AvgIpc) is 3.75. The second-order valence-corrected chi connectivity index (χ2v) is 15.7. The minimum atomic E-state index is -2.08. The van der Waals surface area contributed by atoms with Gasteiger partial charge in [-0.1, -0.05) is 121 Å². The van der Waals surface area contributed by atoms with Crippen molar-refractivity contribution in [2.24, 2.45) is 11.7 Å². The lowest BCUT2D eigenvalue weighted by molar-refractivity contribution is -0.178. The van der Waals surface area contributed by atoms with Gasteiger partial charge in [-0.3, -0.25) is 24.2 Å². The number of morpholine rings is 1. The predicted octanol–water partition coefficient (Wildman–Crippen LogP) is 5.48. The number of rotatable bonds is 13. The van der Waals surface area contributed by atoms with Crippen LogP contribution in [0.4, 0.5) is 10.5 Å². The molecule has 13 nitrogen and oxygen atoms in total. The van der Waals surface area contributed by atoms with Crippen LogP contribution >= 0.6 is 0 Å². The number of benzene rings is 5. The molecule has 6 atom stereocenters. The van der Waals surface area contributed by atoms with E-state index in [1.807, 2.05) is 103 Å². The first kappa shape index (κ1) is 42.9. The van der Waals surface area contributed by atoms with E-state index in [-0.39, 0.29) is 43.4 Å². The zero-order chi connectivity index (χ0) is 44.1. The Labute approximate surface area is 365 Å². The lowest BCUT2D eigenvalue weighted by Crippen LogP contribution is -2.55. The maximum atomic E-state index is 16.0. The number of primary amides is 1. The van der Waals surface area contributed by atoms with Gasteiger partial charge in [0.1, 0.15) is 36.5 Å². The maximum absolute atomic E-state index is 16.0. The predicted molar refractivity (Wildman–Crippen MR) is 233 cm³/mol. The molecule has 322 valence electrons. The second-order valence-electron chi connectivity index (χ2n) is 15.7. The molecule has 3 N–H and O–H groups in total. The smallest absolute Gasteiger partial charge is 0.421 e. The third-order valence-corrected chi connectivity index (χ3v) is 11.9. The molecule has 3 aliphatic rings. The number of anilines is 1. The van der Waals surface area contributed by atoms with Crippen molar-refractivity contribution in [3.8, 4) is 17.6 Å². The number of para-hydroxylation sites is 1. The Kier molecular flexibility index (Phi) is 12.7. The molecular weight excluding hydrogens is 801 g/mol. The number of fused-ring (bicyclic) bond motifs is 3. The minimum Gasteiger partial charge on any atom is -0.491 e. The number of cyclic esters (lactones) is 1. The molecule has 0 aliphatic carbocycles. The molecule has 0 aromatic heterocycles. The fraction of sp³-hybridized carbons (Fsp3) is 0.280. The summed E-state index contributed by atoms with van der Waals surface area (Å²) in [6, 6.07) is 37.2. The Morgan fingerprint density at radius 1 is 0.841 bits per heavy atom. The van der Waals surface area contributed by atoms with Crippen LogP contribution in [0.3, 0.4) is 0 Å². The van der Waals surface area contributed by atoms with Crippen LogP contribution < -0.4 is 15.4 Å². The maximum Gasteiger partial charge on any atom is 0.421 e. The van der Waals surface area contributed by atoms with Gasteiger partial charge in [-0.25, -0.2) is 9.69 Å². The molecule has 3 aliphatic heterocycles. The molecule has 5 aromatic rings. The van der Waals surface area contributed by atoms with Gasteiger partial charge in [-0.15, -0.1) is 0 Å². The number of aliphatic hydroxyl groups is 1. The van der Waals surface area contributed by atoms with Gasteiger partial charge in [0.25, 0.3) is 0 Å². The normalized spacial score (nSPS) is 22.5. The highest BCUT2D eigenvalue weighted by molar-refractivity contribution is 6.23. The first-order chi connectivity index (χ1) is 30.7. The minimum absolute atomic E-state index is 0.0580. The molecular formula is C50H48N4O9. The van der Waals surface area contributed by atoms with Gasteiger partial charge in [-0.05, 0) is 53.6 Å². The van der Waals surface area contributed by atoms with Crippen LogP contribution in [0.2, 0.25) is 0 Å². The molecule has 13 heteroatoms. The molecule has 63 heavy (non-hydrogen) atoms. The molecule has 2 saturated heterocycles. The summed E-state index contributed by atoms with van der Waals surface area (Å²) in [5.41, 5.74) is 8.23. The number of methoxy groups -OCH3 is 1. The van der Waals surface area contributed by atoms with Crippen molar-refractivity contribution in [3.63, 3.8) is 0 Å². The van der Waals surface area contributed by atoms with E-state index >= 15 is 4.79 Å². The van der Waals surface area contributed by atoms with Crippen molar-refractivity contribution in [2.75, 3.05) is 52.0 Å². The number of carbonyl (C=O) groups excluding carboxylic acids is 4. The number of carbonyl (C=O) groups is 4. The number of nitrogens with zero attached hydrogens (tertiary/aromatic N) is 3. The van der Waals surface area contributed by atoms with E-state index in [9.17, 15) is 19.5 Å². The molecule has 3 heterocycles. The topological polar surface area (TPSA) is 161 Å². The fourth-order valence-electron chi connectivity index (χ4n) is 9.46. The van der Waals surface area contributed by atoms with Crippen LogP contribution in [-0.4, -0.2) is 92.0 Å². The van der Waals surface area contributed by atoms with Gasteiger partial charge in [0.05, 0.1) is 43.4 Å². The highest BCUT2D eigenvalue weighted by Gasteiger charge is 2.75. The molecule has 5 aromatic carbocycles. The standard InChI is InChI=1S/C50H48N4O9/c1-52(32-34-15-6-3-7-16-34)26-14-17-33-24-25-39-38(31-33)50(48(58)53(39)49(59)62-30-29-60-2)41(46(51)56)43-47(57)63-44(36-20-10-5-11-21-36)42(35-18-8-4-9-19-35)54(43)45(50)37-22-12-13-23-40(37)61-28-27-55/h3-13,15-16,18-25,31,41-45,55H,26-30,32H2,1-2H3,(H2,51,56). The zero-order valence-electron chi connectivity index (χ0n) is 35.0. The van der Waals surface area contributed by atoms with E-state index in [2.05, 4.69) is 16.7 Å². The largest absolute Gasteiger partial charge is 0.491 e. The lowest BCUT2D eigenvalue weighted by Gasteiger charge is -2.46. The van der Waals surface area contributed by atoms with E-state index in [1.165, 1.54) is 7.11 Å². The van der Waals surface area contributed by atoms with Crippen LogP contribution in [0.1, 0.15) is 51.6 Å². The first-order valence-electron chi connectivity index (χ1n) is 20.8. The summed E-state index contributed by atoms with van der Waals surface area (Å²) in [5, 5.41) is 9.95. The number of amides is 3. The number of nitrogens with two attached hydrogens (primary N) is 1. The van der Waals surface area contributed by atoms with Crippen LogP contribution in [0.5, 0.6) is 5.75 Å². The van der Waals surface area contributed by atoms with Gasteiger partial charge < -0.3 is 29.8 Å². The lowest BCUT2D eigenvalue weighted by atomic mass is 9.65. The second kappa shape index (κ2) is 18.7. The molecule has 0 saturated carbocycles. The van der Waals surface area contributed by atoms with Crippen LogP contribution in [0.15, 0.2) is 133 Å². The number of hydrogen-bond acceptors (Lipinski definition) is 11. The molecule has 8 rings (SSSR count). The summed E-state index contributed by atoms with van der Waals surface area (Å²) in [6.45, 7) is 0.535. The van der Waals surface area contributed by atoms with Gasteiger partial charge in [0, 0.05) is 24.8 Å². The van der Waals surface area contributed by atoms with Gasteiger partial charge in [-0.2, -0.15) is 0 Å². The highest BCUT2D eigenvalue weighted by atomic mass is 16.6. The molecule has 1 spiro atoms. The number of aliphatic hydroxyl groups excluding tert-OH is 1. The summed E-state index contributed by atoms with van der Waals surface area (Å²) in [6.07, 6.45) is -1.93. The number of esters is 1. The molecule has 3 amide bonds. The Bertz CT molecular complexity index is 2530. The number of imide groups is 1. The van der Waals surface area contributed by atoms with Crippen molar-refractivity contribution in [1.82, 2.24) is 9.80 Å². The van der Waals surface area contributed by atoms with Gasteiger partial charge >= 0.3 is 12.1 Å². The Morgan fingerprint density at radius 3 is 2.19 bits per heavy atom. The van der Waals surface area contributed by atoms with E-state index in [4.69, 9.17) is 24.7 Å². The van der Waals surface area contributed by atoms with E-state index < -0.39 is 59.4 Å². The monoisotopic (exact) mass is 848 g/mol. The Hall–Kier alpha value is -6.82. The van der Waals surface area contributed by atoms with Crippen molar-refractivity contribution >= 4 is 29.6 Å². The summed E-state index contributed by atoms with van der Waals surface area (Å²) in [4.78, 5) is 64.6. The quantitative estimate of drug-likeness (QED) is 0.0878. The molecule has 6 unspecified atom stereocenters. The van der Waals surface area contributed by atoms with Gasteiger partial charge in [0.15, 0.2) is 0 Å². The molecule has 0 radical (unpaired) electrons.